The van der Waals surface area contributed by atoms with Crippen molar-refractivity contribution in [1.29, 1.82) is 0 Å². The van der Waals surface area contributed by atoms with Gasteiger partial charge in [0.05, 0.1) is 22.3 Å². The molecule has 0 fully saturated rings. The standard InChI is InChI=1S/C9H9Cl2N3.C3H8/c10-6-2-1-3-7(11)8(6)14-9-12-4-5-13-9;1-3-2/h1-3H,4-5H2,(H2,12,13,14);3H2,1-2H3. The van der Waals surface area contributed by atoms with E-state index in [-0.39, 0.29) is 0 Å². The molecule has 0 atom stereocenters. The van der Waals surface area contributed by atoms with Gasteiger partial charge in [0.15, 0.2) is 5.96 Å². The van der Waals surface area contributed by atoms with Crippen molar-refractivity contribution in [3.63, 3.8) is 0 Å². The smallest absolute Gasteiger partial charge is 0.196 e. The maximum absolute atomic E-state index is 5.98. The molecule has 2 N–H and O–H groups in total. The van der Waals surface area contributed by atoms with Crippen molar-refractivity contribution in [2.75, 3.05) is 18.4 Å². The van der Waals surface area contributed by atoms with Gasteiger partial charge in [0.1, 0.15) is 0 Å². The van der Waals surface area contributed by atoms with Crippen molar-refractivity contribution in [1.82, 2.24) is 5.32 Å². The van der Waals surface area contributed by atoms with Gasteiger partial charge in [0, 0.05) is 6.54 Å². The van der Waals surface area contributed by atoms with Crippen LogP contribution in [0, 0.1) is 0 Å². The summed E-state index contributed by atoms with van der Waals surface area (Å²) >= 11 is 12.0. The number of anilines is 1. The zero-order valence-electron chi connectivity index (χ0n) is 10.1. The number of halogens is 2. The topological polar surface area (TPSA) is 36.4 Å². The van der Waals surface area contributed by atoms with Crippen LogP contribution in [0.25, 0.3) is 0 Å². The molecule has 0 aromatic heterocycles. The summed E-state index contributed by atoms with van der Waals surface area (Å²) in [6.45, 7) is 5.88. The predicted octanol–water partition coefficient (Wildman–Crippen LogP) is 3.78. The summed E-state index contributed by atoms with van der Waals surface area (Å²) in [7, 11) is 0. The van der Waals surface area contributed by atoms with Gasteiger partial charge in [-0.25, -0.2) is 0 Å². The lowest BCUT2D eigenvalue weighted by Crippen LogP contribution is -2.26. The third-order valence-corrected chi connectivity index (χ3v) is 2.51. The Hall–Kier alpha value is -0.930. The zero-order valence-corrected chi connectivity index (χ0v) is 11.6. The lowest BCUT2D eigenvalue weighted by Gasteiger charge is -2.09. The van der Waals surface area contributed by atoms with Gasteiger partial charge < -0.3 is 10.6 Å². The van der Waals surface area contributed by atoms with Crippen LogP contribution in [0.1, 0.15) is 20.3 Å². The van der Waals surface area contributed by atoms with Crippen molar-refractivity contribution in [3.05, 3.63) is 28.2 Å². The van der Waals surface area contributed by atoms with E-state index >= 15 is 0 Å². The number of para-hydroxylation sites is 1. The Balaban J connectivity index is 0.000000437. The molecular weight excluding hydrogens is 257 g/mol. The van der Waals surface area contributed by atoms with Crippen LogP contribution in [-0.4, -0.2) is 19.0 Å². The first-order valence-corrected chi connectivity index (χ1v) is 6.44. The quantitative estimate of drug-likeness (QED) is 0.817. The molecule has 0 unspecified atom stereocenters. The Kier molecular flexibility index (Phi) is 6.16. The minimum atomic E-state index is 0.592. The number of benzene rings is 1. The fourth-order valence-electron chi connectivity index (χ4n) is 1.22. The molecule has 1 aromatic carbocycles. The molecule has 1 aliphatic heterocycles. The highest BCUT2D eigenvalue weighted by atomic mass is 35.5. The van der Waals surface area contributed by atoms with E-state index in [2.05, 4.69) is 29.5 Å². The Bertz CT molecular complexity index is 371. The van der Waals surface area contributed by atoms with Crippen LogP contribution in [0.5, 0.6) is 0 Å². The molecule has 1 aliphatic rings. The molecule has 1 aromatic rings. The second-order valence-electron chi connectivity index (χ2n) is 3.59. The number of guanidine groups is 1. The summed E-state index contributed by atoms with van der Waals surface area (Å²) in [5.74, 6) is 0.722. The number of nitrogens with zero attached hydrogens (tertiary/aromatic N) is 1. The zero-order chi connectivity index (χ0) is 12.7. The second-order valence-corrected chi connectivity index (χ2v) is 4.40. The van der Waals surface area contributed by atoms with Crippen LogP contribution >= 0.6 is 23.2 Å². The van der Waals surface area contributed by atoms with E-state index in [1.807, 2.05) is 0 Å². The van der Waals surface area contributed by atoms with E-state index in [4.69, 9.17) is 23.2 Å². The maximum Gasteiger partial charge on any atom is 0.196 e. The van der Waals surface area contributed by atoms with E-state index in [1.54, 1.807) is 18.2 Å². The Morgan fingerprint density at radius 2 is 1.88 bits per heavy atom. The van der Waals surface area contributed by atoms with E-state index in [0.29, 0.717) is 15.7 Å². The van der Waals surface area contributed by atoms with Gasteiger partial charge in [0.2, 0.25) is 0 Å². The molecule has 0 radical (unpaired) electrons. The summed E-state index contributed by atoms with van der Waals surface area (Å²) in [6.07, 6.45) is 1.25. The Morgan fingerprint density at radius 3 is 2.35 bits per heavy atom. The molecule has 5 heteroatoms. The third kappa shape index (κ3) is 4.44. The van der Waals surface area contributed by atoms with Crippen molar-refractivity contribution < 1.29 is 0 Å². The van der Waals surface area contributed by atoms with Crippen molar-refractivity contribution in [2.24, 2.45) is 4.99 Å². The summed E-state index contributed by atoms with van der Waals surface area (Å²) in [4.78, 5) is 4.19. The van der Waals surface area contributed by atoms with E-state index in [9.17, 15) is 0 Å². The van der Waals surface area contributed by atoms with Crippen LogP contribution in [0.2, 0.25) is 10.0 Å². The van der Waals surface area contributed by atoms with Crippen molar-refractivity contribution >= 4 is 34.8 Å². The highest BCUT2D eigenvalue weighted by molar-refractivity contribution is 6.39. The maximum atomic E-state index is 5.98. The first kappa shape index (κ1) is 14.1. The van der Waals surface area contributed by atoms with Gasteiger partial charge in [-0.15, -0.1) is 0 Å². The minimum Gasteiger partial charge on any atom is -0.354 e. The first-order chi connectivity index (χ1) is 8.19. The molecule has 1 heterocycles. The lowest BCUT2D eigenvalue weighted by molar-refractivity contribution is 0.959. The number of hydrogen-bond donors (Lipinski definition) is 2. The summed E-state index contributed by atoms with van der Waals surface area (Å²) in [5.41, 5.74) is 0.698. The van der Waals surface area contributed by atoms with Gasteiger partial charge >= 0.3 is 0 Å². The average molecular weight is 274 g/mol. The molecule has 2 rings (SSSR count). The molecule has 17 heavy (non-hydrogen) atoms. The van der Waals surface area contributed by atoms with Crippen molar-refractivity contribution in [2.45, 2.75) is 20.3 Å². The highest BCUT2D eigenvalue weighted by Crippen LogP contribution is 2.29. The molecule has 0 bridgehead atoms. The van der Waals surface area contributed by atoms with E-state index < -0.39 is 0 Å². The fourth-order valence-corrected chi connectivity index (χ4v) is 1.71. The van der Waals surface area contributed by atoms with Crippen LogP contribution in [-0.2, 0) is 0 Å². The third-order valence-electron chi connectivity index (χ3n) is 1.88. The van der Waals surface area contributed by atoms with Crippen LogP contribution in [0.4, 0.5) is 5.69 Å². The molecule has 94 valence electrons. The average Bonchev–Trinajstić information content (AvgIpc) is 2.77. The van der Waals surface area contributed by atoms with Crippen LogP contribution < -0.4 is 10.6 Å². The molecular formula is C12H17Cl2N3. The van der Waals surface area contributed by atoms with Gasteiger partial charge in [-0.3, -0.25) is 4.99 Å². The van der Waals surface area contributed by atoms with E-state index in [1.165, 1.54) is 6.42 Å². The van der Waals surface area contributed by atoms with Crippen LogP contribution in [0.15, 0.2) is 23.2 Å². The van der Waals surface area contributed by atoms with Gasteiger partial charge in [-0.2, -0.15) is 0 Å². The Labute approximate surface area is 112 Å². The largest absolute Gasteiger partial charge is 0.354 e. The first-order valence-electron chi connectivity index (χ1n) is 5.68. The monoisotopic (exact) mass is 273 g/mol. The molecule has 0 saturated carbocycles. The van der Waals surface area contributed by atoms with Gasteiger partial charge in [-0.05, 0) is 12.1 Å². The lowest BCUT2D eigenvalue weighted by atomic mass is 10.3. The molecule has 0 saturated heterocycles. The van der Waals surface area contributed by atoms with Crippen molar-refractivity contribution in [3.8, 4) is 0 Å². The van der Waals surface area contributed by atoms with Gasteiger partial charge in [0.25, 0.3) is 0 Å². The predicted molar refractivity (Wildman–Crippen MR) is 76.4 cm³/mol. The molecule has 0 aliphatic carbocycles. The summed E-state index contributed by atoms with van der Waals surface area (Å²) in [5, 5.41) is 7.32. The van der Waals surface area contributed by atoms with Crippen LogP contribution in [0.3, 0.4) is 0 Å². The highest BCUT2D eigenvalue weighted by Gasteiger charge is 2.09. The number of nitrogens with one attached hydrogen (secondary N) is 2. The fraction of sp³-hybridized carbons (Fsp3) is 0.417. The normalized spacial score (nSPS) is 13.3. The summed E-state index contributed by atoms with van der Waals surface area (Å²) < 4.78 is 0. The second kappa shape index (κ2) is 7.41. The number of rotatable bonds is 1. The number of hydrogen-bond acceptors (Lipinski definition) is 3. The minimum absolute atomic E-state index is 0.592. The van der Waals surface area contributed by atoms with E-state index in [0.717, 1.165) is 19.0 Å². The molecule has 3 nitrogen and oxygen atoms in total. The van der Waals surface area contributed by atoms with Gasteiger partial charge in [-0.1, -0.05) is 49.5 Å². The summed E-state index contributed by atoms with van der Waals surface area (Å²) in [6, 6.07) is 5.37. The molecule has 0 amide bonds. The number of aliphatic imine (C=N–C) groups is 1. The molecule has 0 spiro atoms. The Morgan fingerprint density at radius 1 is 1.29 bits per heavy atom. The SMILES string of the molecule is CCC.Clc1cccc(Cl)c1NC1=NCCN1.